The predicted octanol–water partition coefficient (Wildman–Crippen LogP) is 3.59. The number of methoxy groups -OCH3 is 1. The van der Waals surface area contributed by atoms with Crippen molar-refractivity contribution < 1.29 is 9.53 Å². The summed E-state index contributed by atoms with van der Waals surface area (Å²) in [5, 5.41) is 8.05. The Hall–Kier alpha value is -3.63. The summed E-state index contributed by atoms with van der Waals surface area (Å²) in [6.07, 6.45) is 3.10. The first-order chi connectivity index (χ1) is 15.5. The van der Waals surface area contributed by atoms with Gasteiger partial charge in [-0.15, -0.1) is 11.3 Å². The number of carbonyl (C=O) groups excluding carboxylic acids is 1. The highest BCUT2D eigenvalue weighted by molar-refractivity contribution is 7.08. The summed E-state index contributed by atoms with van der Waals surface area (Å²) in [5.41, 5.74) is 10.4. The Labute approximate surface area is 191 Å². The van der Waals surface area contributed by atoms with Crippen LogP contribution in [0.5, 0.6) is 5.75 Å². The van der Waals surface area contributed by atoms with Gasteiger partial charge in [-0.3, -0.25) is 4.79 Å². The molecule has 1 amide bonds. The monoisotopic (exact) mass is 467 g/mol. The van der Waals surface area contributed by atoms with Crippen LogP contribution in [0.4, 0.5) is 5.82 Å². The zero-order valence-electron chi connectivity index (χ0n) is 16.9. The molecule has 0 spiro atoms. The van der Waals surface area contributed by atoms with Gasteiger partial charge in [0.2, 0.25) is 0 Å². The molecule has 0 bridgehead atoms. The quantitative estimate of drug-likeness (QED) is 0.350. The van der Waals surface area contributed by atoms with Gasteiger partial charge in [0, 0.05) is 26.9 Å². The van der Waals surface area contributed by atoms with Gasteiger partial charge in [0.25, 0.3) is 5.91 Å². The molecule has 0 radical (unpaired) electrons. The van der Waals surface area contributed by atoms with Crippen LogP contribution in [-0.2, 0) is 13.1 Å². The maximum atomic E-state index is 12.5. The number of aromatic nitrogens is 5. The first-order valence-electron chi connectivity index (χ1n) is 9.63. The van der Waals surface area contributed by atoms with Crippen molar-refractivity contribution in [1.29, 1.82) is 0 Å². The van der Waals surface area contributed by atoms with E-state index in [0.717, 1.165) is 22.2 Å². The third-order valence-electron chi connectivity index (χ3n) is 5.13. The number of halogens is 1. The van der Waals surface area contributed by atoms with Crippen molar-refractivity contribution in [2.45, 2.75) is 13.1 Å². The molecular weight excluding hydrogens is 450 g/mol. The Kier molecular flexibility index (Phi) is 5.16. The number of hydrogen-bond donors (Lipinski definition) is 3. The standard InChI is InChI=1S/C21H18ClN7O2S/c1-31-16-8-32-7-15(16)21(30)24-5-14-4-11-2-13(22)3-12(17(11)28-14)6-29-10-27-18-19(23)25-9-26-20(18)29/h2-4,7-10,28H,5-6H2,1H3,(H,24,30)(H2,23,25,26). The minimum absolute atomic E-state index is 0.192. The fourth-order valence-electron chi connectivity index (χ4n) is 3.63. The van der Waals surface area contributed by atoms with Gasteiger partial charge in [0.05, 0.1) is 37.6 Å². The second kappa shape index (κ2) is 8.13. The number of nitrogens with two attached hydrogens (primary N) is 1. The number of anilines is 1. The number of hydrogen-bond acceptors (Lipinski definition) is 7. The molecular formula is C21H18ClN7O2S. The molecule has 4 aromatic heterocycles. The number of nitrogen functional groups attached to an aromatic ring is 1. The second-order valence-electron chi connectivity index (χ2n) is 7.16. The van der Waals surface area contributed by atoms with Crippen molar-refractivity contribution >= 4 is 56.7 Å². The summed E-state index contributed by atoms with van der Waals surface area (Å²) in [6, 6.07) is 5.76. The Morgan fingerprint density at radius 1 is 1.28 bits per heavy atom. The molecule has 9 nitrogen and oxygen atoms in total. The number of aromatic amines is 1. The molecule has 0 saturated heterocycles. The third-order valence-corrected chi connectivity index (χ3v) is 6.07. The summed E-state index contributed by atoms with van der Waals surface area (Å²) in [7, 11) is 1.55. The third kappa shape index (κ3) is 3.63. The van der Waals surface area contributed by atoms with Gasteiger partial charge in [-0.1, -0.05) is 11.6 Å². The second-order valence-corrected chi connectivity index (χ2v) is 8.34. The van der Waals surface area contributed by atoms with Crippen LogP contribution in [0.15, 0.2) is 41.6 Å². The summed E-state index contributed by atoms with van der Waals surface area (Å²) in [6.45, 7) is 0.823. The molecule has 1 aromatic carbocycles. The van der Waals surface area contributed by atoms with Crippen LogP contribution in [0, 0.1) is 0 Å². The molecule has 0 unspecified atom stereocenters. The largest absolute Gasteiger partial charge is 0.495 e. The molecule has 32 heavy (non-hydrogen) atoms. The number of nitrogens with zero attached hydrogens (tertiary/aromatic N) is 4. The average Bonchev–Trinajstić information content (AvgIpc) is 3.50. The molecule has 11 heteroatoms. The Morgan fingerprint density at radius 2 is 2.16 bits per heavy atom. The predicted molar refractivity (Wildman–Crippen MR) is 124 cm³/mol. The van der Waals surface area contributed by atoms with Gasteiger partial charge in [0.1, 0.15) is 17.6 Å². The van der Waals surface area contributed by atoms with Crippen LogP contribution in [0.1, 0.15) is 21.6 Å². The van der Waals surface area contributed by atoms with Crippen LogP contribution in [-0.4, -0.2) is 37.5 Å². The molecule has 0 aliphatic rings. The molecule has 5 aromatic rings. The first-order valence-corrected chi connectivity index (χ1v) is 10.9. The zero-order chi connectivity index (χ0) is 22.2. The lowest BCUT2D eigenvalue weighted by molar-refractivity contribution is 0.0948. The molecule has 5 rings (SSSR count). The lowest BCUT2D eigenvalue weighted by Gasteiger charge is -2.07. The van der Waals surface area contributed by atoms with Crippen LogP contribution in [0.25, 0.3) is 22.1 Å². The van der Waals surface area contributed by atoms with Crippen molar-refractivity contribution in [3.63, 3.8) is 0 Å². The number of amides is 1. The number of imidazole rings is 1. The van der Waals surface area contributed by atoms with E-state index < -0.39 is 0 Å². The van der Waals surface area contributed by atoms with E-state index in [-0.39, 0.29) is 5.91 Å². The van der Waals surface area contributed by atoms with E-state index in [2.05, 4.69) is 25.3 Å². The van der Waals surface area contributed by atoms with Crippen molar-refractivity contribution in [3.8, 4) is 5.75 Å². The van der Waals surface area contributed by atoms with Gasteiger partial charge >= 0.3 is 0 Å². The van der Waals surface area contributed by atoms with Crippen molar-refractivity contribution in [2.75, 3.05) is 12.8 Å². The van der Waals surface area contributed by atoms with E-state index in [1.165, 1.54) is 17.7 Å². The number of H-pyrrole nitrogens is 1. The summed E-state index contributed by atoms with van der Waals surface area (Å²) < 4.78 is 7.12. The SMILES string of the molecule is COc1cscc1C(=O)NCc1cc2cc(Cl)cc(Cn3cnc4c(N)ncnc43)c2[nH]1. The summed E-state index contributed by atoms with van der Waals surface area (Å²) in [5.74, 6) is 0.711. The topological polar surface area (TPSA) is 124 Å². The van der Waals surface area contributed by atoms with Crippen molar-refractivity contribution in [3.05, 3.63) is 63.5 Å². The Bertz CT molecular complexity index is 1460. The highest BCUT2D eigenvalue weighted by Crippen LogP contribution is 2.27. The number of carbonyl (C=O) groups is 1. The maximum Gasteiger partial charge on any atom is 0.256 e. The fourth-order valence-corrected chi connectivity index (χ4v) is 4.66. The molecule has 0 atom stereocenters. The summed E-state index contributed by atoms with van der Waals surface area (Å²) >= 11 is 7.80. The smallest absolute Gasteiger partial charge is 0.256 e. The minimum Gasteiger partial charge on any atom is -0.495 e. The lowest BCUT2D eigenvalue weighted by Crippen LogP contribution is -2.22. The molecule has 4 heterocycles. The molecule has 162 valence electrons. The average molecular weight is 468 g/mol. The van der Waals surface area contributed by atoms with Crippen LogP contribution in [0.2, 0.25) is 5.02 Å². The normalized spacial score (nSPS) is 11.3. The van der Waals surface area contributed by atoms with E-state index in [1.807, 2.05) is 22.8 Å². The van der Waals surface area contributed by atoms with Crippen LogP contribution < -0.4 is 15.8 Å². The fraction of sp³-hybridized carbons (Fsp3) is 0.143. The summed E-state index contributed by atoms with van der Waals surface area (Å²) in [4.78, 5) is 28.5. The van der Waals surface area contributed by atoms with Gasteiger partial charge in [0.15, 0.2) is 11.5 Å². The van der Waals surface area contributed by atoms with Crippen LogP contribution >= 0.6 is 22.9 Å². The zero-order valence-corrected chi connectivity index (χ0v) is 18.5. The molecule has 0 aliphatic heterocycles. The molecule has 0 aliphatic carbocycles. The van der Waals surface area contributed by atoms with E-state index in [4.69, 9.17) is 22.1 Å². The van der Waals surface area contributed by atoms with Crippen molar-refractivity contribution in [2.24, 2.45) is 0 Å². The Balaban J connectivity index is 1.42. The van der Waals surface area contributed by atoms with E-state index in [1.54, 1.807) is 24.2 Å². The highest BCUT2D eigenvalue weighted by atomic mass is 35.5. The van der Waals surface area contributed by atoms with E-state index in [9.17, 15) is 4.79 Å². The lowest BCUT2D eigenvalue weighted by atomic mass is 10.1. The number of benzene rings is 1. The van der Waals surface area contributed by atoms with E-state index >= 15 is 0 Å². The molecule has 4 N–H and O–H groups in total. The van der Waals surface area contributed by atoms with Gasteiger partial charge in [-0.25, -0.2) is 15.0 Å². The van der Waals surface area contributed by atoms with Gasteiger partial charge in [-0.05, 0) is 23.8 Å². The van der Waals surface area contributed by atoms with Gasteiger partial charge in [-0.2, -0.15) is 0 Å². The van der Waals surface area contributed by atoms with Crippen molar-refractivity contribution in [1.82, 2.24) is 29.8 Å². The molecule has 0 saturated carbocycles. The van der Waals surface area contributed by atoms with Gasteiger partial charge < -0.3 is 25.3 Å². The number of ether oxygens (including phenoxy) is 1. The first kappa shape index (κ1) is 20.3. The minimum atomic E-state index is -0.192. The van der Waals surface area contributed by atoms with Crippen LogP contribution in [0.3, 0.4) is 0 Å². The maximum absolute atomic E-state index is 12.5. The number of thiophene rings is 1. The molecule has 0 fully saturated rings. The Morgan fingerprint density at radius 3 is 3.00 bits per heavy atom. The number of rotatable bonds is 6. The number of nitrogens with one attached hydrogen (secondary N) is 2. The number of fused-ring (bicyclic) bond motifs is 2. The highest BCUT2D eigenvalue weighted by Gasteiger charge is 2.15. The van der Waals surface area contributed by atoms with E-state index in [0.29, 0.717) is 46.4 Å².